The van der Waals surface area contributed by atoms with E-state index in [0.717, 1.165) is 24.1 Å². The quantitative estimate of drug-likeness (QED) is 0.701. The lowest BCUT2D eigenvalue weighted by Gasteiger charge is -2.30. The topological polar surface area (TPSA) is 75.3 Å². The molecule has 4 N–H and O–H groups in total. The molecule has 0 spiro atoms. The van der Waals surface area contributed by atoms with Crippen molar-refractivity contribution in [1.29, 1.82) is 0 Å². The average molecular weight is 250 g/mol. The lowest BCUT2D eigenvalue weighted by Crippen LogP contribution is -2.33. The lowest BCUT2D eigenvalue weighted by atomic mass is 9.94. The first-order valence-corrected chi connectivity index (χ1v) is 6.24. The SMILES string of the molecule is CCC(C)(CC)Nc1cc(C)c(N)c(C(=O)O)c1. The van der Waals surface area contributed by atoms with Crippen molar-refractivity contribution in [2.24, 2.45) is 0 Å². The van der Waals surface area contributed by atoms with Gasteiger partial charge in [-0.15, -0.1) is 0 Å². The number of aromatic carboxylic acids is 1. The molecule has 0 unspecified atom stereocenters. The Morgan fingerprint density at radius 2 is 1.94 bits per heavy atom. The van der Waals surface area contributed by atoms with Crippen molar-refractivity contribution in [3.05, 3.63) is 23.3 Å². The lowest BCUT2D eigenvalue weighted by molar-refractivity contribution is 0.0698. The summed E-state index contributed by atoms with van der Waals surface area (Å²) in [4.78, 5) is 11.1. The van der Waals surface area contributed by atoms with Gasteiger partial charge in [-0.25, -0.2) is 4.79 Å². The number of nitrogens with two attached hydrogens (primary N) is 1. The van der Waals surface area contributed by atoms with Crippen LogP contribution in [0.15, 0.2) is 12.1 Å². The minimum Gasteiger partial charge on any atom is -0.478 e. The third-order valence-corrected chi connectivity index (χ3v) is 3.62. The number of hydrogen-bond acceptors (Lipinski definition) is 3. The zero-order chi connectivity index (χ0) is 13.9. The van der Waals surface area contributed by atoms with Crippen molar-refractivity contribution in [1.82, 2.24) is 0 Å². The van der Waals surface area contributed by atoms with Gasteiger partial charge in [0.15, 0.2) is 0 Å². The summed E-state index contributed by atoms with van der Waals surface area (Å²) >= 11 is 0. The van der Waals surface area contributed by atoms with Crippen LogP contribution in [0.2, 0.25) is 0 Å². The van der Waals surface area contributed by atoms with E-state index in [1.54, 1.807) is 6.07 Å². The van der Waals surface area contributed by atoms with Gasteiger partial charge in [0.2, 0.25) is 0 Å². The molecule has 0 aliphatic heterocycles. The van der Waals surface area contributed by atoms with E-state index in [4.69, 9.17) is 10.8 Å². The molecule has 4 heteroatoms. The van der Waals surface area contributed by atoms with Gasteiger partial charge in [0.05, 0.1) is 5.56 Å². The fourth-order valence-electron chi connectivity index (χ4n) is 1.82. The molecule has 0 atom stereocenters. The van der Waals surface area contributed by atoms with Crippen molar-refractivity contribution in [3.8, 4) is 0 Å². The number of hydrogen-bond donors (Lipinski definition) is 3. The summed E-state index contributed by atoms with van der Waals surface area (Å²) in [6.07, 6.45) is 1.94. The maximum Gasteiger partial charge on any atom is 0.337 e. The molecule has 0 bridgehead atoms. The van der Waals surface area contributed by atoms with Gasteiger partial charge in [-0.1, -0.05) is 13.8 Å². The van der Waals surface area contributed by atoms with Crippen LogP contribution >= 0.6 is 0 Å². The Bertz CT molecular complexity index is 451. The Hall–Kier alpha value is -1.71. The number of nitrogen functional groups attached to an aromatic ring is 1. The minimum absolute atomic E-state index is 0.0294. The van der Waals surface area contributed by atoms with Gasteiger partial charge < -0.3 is 16.2 Å². The first kappa shape index (κ1) is 14.4. The van der Waals surface area contributed by atoms with Gasteiger partial charge in [-0.2, -0.15) is 0 Å². The maximum absolute atomic E-state index is 11.1. The van der Waals surface area contributed by atoms with Crippen molar-refractivity contribution < 1.29 is 9.90 Å². The van der Waals surface area contributed by atoms with Crippen LogP contribution in [0.25, 0.3) is 0 Å². The third kappa shape index (κ3) is 2.94. The number of anilines is 2. The number of rotatable bonds is 5. The molecule has 1 rings (SSSR count). The zero-order valence-electron chi connectivity index (χ0n) is 11.5. The van der Waals surface area contributed by atoms with Gasteiger partial charge in [0, 0.05) is 16.9 Å². The van der Waals surface area contributed by atoms with E-state index in [-0.39, 0.29) is 11.1 Å². The Kier molecular flexibility index (Phi) is 4.22. The zero-order valence-corrected chi connectivity index (χ0v) is 11.5. The summed E-state index contributed by atoms with van der Waals surface area (Å²) in [5.74, 6) is -0.992. The van der Waals surface area contributed by atoms with Gasteiger partial charge in [0.25, 0.3) is 0 Å². The van der Waals surface area contributed by atoms with Crippen molar-refractivity contribution in [2.45, 2.75) is 46.1 Å². The molecular weight excluding hydrogens is 228 g/mol. The van der Waals surface area contributed by atoms with E-state index in [1.165, 1.54) is 0 Å². The number of carbonyl (C=O) groups is 1. The van der Waals surface area contributed by atoms with E-state index >= 15 is 0 Å². The van der Waals surface area contributed by atoms with E-state index in [0.29, 0.717) is 5.69 Å². The molecule has 0 aliphatic carbocycles. The van der Waals surface area contributed by atoms with Crippen LogP contribution in [0.1, 0.15) is 49.5 Å². The first-order chi connectivity index (χ1) is 8.33. The van der Waals surface area contributed by atoms with Gasteiger partial charge in [0.1, 0.15) is 0 Å². The van der Waals surface area contributed by atoms with Crippen LogP contribution in [-0.4, -0.2) is 16.6 Å². The molecule has 0 radical (unpaired) electrons. The summed E-state index contributed by atoms with van der Waals surface area (Å²) in [6, 6.07) is 3.50. The van der Waals surface area contributed by atoms with Crippen LogP contribution in [-0.2, 0) is 0 Å². The largest absolute Gasteiger partial charge is 0.478 e. The van der Waals surface area contributed by atoms with Crippen molar-refractivity contribution in [2.75, 3.05) is 11.1 Å². The number of benzene rings is 1. The highest BCUT2D eigenvalue weighted by Crippen LogP contribution is 2.27. The maximum atomic E-state index is 11.1. The monoisotopic (exact) mass is 250 g/mol. The second kappa shape index (κ2) is 5.29. The predicted octanol–water partition coefficient (Wildman–Crippen LogP) is 3.27. The Labute approximate surface area is 108 Å². The molecule has 0 fully saturated rings. The van der Waals surface area contributed by atoms with Gasteiger partial charge in [-0.3, -0.25) is 0 Å². The number of carboxylic acid groups (broad SMARTS) is 1. The Morgan fingerprint density at radius 3 is 2.39 bits per heavy atom. The first-order valence-electron chi connectivity index (χ1n) is 6.24. The van der Waals surface area contributed by atoms with Gasteiger partial charge >= 0.3 is 5.97 Å². The molecule has 0 heterocycles. The molecule has 0 amide bonds. The van der Waals surface area contributed by atoms with Gasteiger partial charge in [-0.05, 0) is 44.4 Å². The van der Waals surface area contributed by atoms with Crippen molar-refractivity contribution >= 4 is 17.3 Å². The number of nitrogens with one attached hydrogen (secondary N) is 1. The fourth-order valence-corrected chi connectivity index (χ4v) is 1.82. The standard InChI is InChI=1S/C14H22N2O2/c1-5-14(4,6-2)16-10-7-9(3)12(15)11(8-10)13(17)18/h7-8,16H,5-6,15H2,1-4H3,(H,17,18). The summed E-state index contributed by atoms with van der Waals surface area (Å²) < 4.78 is 0. The van der Waals surface area contributed by atoms with Crippen LogP contribution in [0.3, 0.4) is 0 Å². The summed E-state index contributed by atoms with van der Waals surface area (Å²) in [7, 11) is 0. The van der Waals surface area contributed by atoms with E-state index in [2.05, 4.69) is 26.1 Å². The van der Waals surface area contributed by atoms with Crippen molar-refractivity contribution in [3.63, 3.8) is 0 Å². The van der Waals surface area contributed by atoms with Crippen LogP contribution in [0.4, 0.5) is 11.4 Å². The molecule has 1 aromatic carbocycles. The van der Waals surface area contributed by atoms with Crippen LogP contribution < -0.4 is 11.1 Å². The van der Waals surface area contributed by atoms with Crippen LogP contribution in [0, 0.1) is 6.92 Å². The summed E-state index contributed by atoms with van der Waals surface area (Å²) in [6.45, 7) is 8.17. The molecular formula is C14H22N2O2. The van der Waals surface area contributed by atoms with E-state index in [1.807, 2.05) is 13.0 Å². The highest BCUT2D eigenvalue weighted by molar-refractivity contribution is 5.95. The highest BCUT2D eigenvalue weighted by atomic mass is 16.4. The molecule has 18 heavy (non-hydrogen) atoms. The smallest absolute Gasteiger partial charge is 0.337 e. The molecule has 4 nitrogen and oxygen atoms in total. The molecule has 1 aromatic rings. The second-order valence-corrected chi connectivity index (χ2v) is 4.95. The van der Waals surface area contributed by atoms with Crippen LogP contribution in [0.5, 0.6) is 0 Å². The molecule has 100 valence electrons. The second-order valence-electron chi connectivity index (χ2n) is 4.95. The summed E-state index contributed by atoms with van der Waals surface area (Å²) in [5.41, 5.74) is 7.83. The Balaban J connectivity index is 3.16. The molecule has 0 saturated carbocycles. The highest BCUT2D eigenvalue weighted by Gasteiger charge is 2.20. The molecule has 0 saturated heterocycles. The predicted molar refractivity (Wildman–Crippen MR) is 75.2 cm³/mol. The molecule has 0 aromatic heterocycles. The fraction of sp³-hybridized carbons (Fsp3) is 0.500. The number of carboxylic acids is 1. The molecule has 0 aliphatic rings. The average Bonchev–Trinajstić information content (AvgIpc) is 2.33. The van der Waals surface area contributed by atoms with E-state index in [9.17, 15) is 4.79 Å². The number of aryl methyl sites for hydroxylation is 1. The normalized spacial score (nSPS) is 11.3. The Morgan fingerprint density at radius 1 is 1.39 bits per heavy atom. The summed E-state index contributed by atoms with van der Waals surface area (Å²) in [5, 5.41) is 12.5. The third-order valence-electron chi connectivity index (χ3n) is 3.62. The minimum atomic E-state index is -0.992. The van der Waals surface area contributed by atoms with E-state index < -0.39 is 5.97 Å².